The van der Waals surface area contributed by atoms with Gasteiger partial charge in [0, 0.05) is 6.04 Å². The van der Waals surface area contributed by atoms with Gasteiger partial charge in [0.25, 0.3) is 0 Å². The van der Waals surface area contributed by atoms with E-state index in [0.29, 0.717) is 5.66 Å². The molecule has 0 aliphatic carbocycles. The highest BCUT2D eigenvalue weighted by Gasteiger charge is 2.29. The topological polar surface area (TPSA) is 26.0 Å². The predicted octanol–water partition coefficient (Wildman–Crippen LogP) is 8.11. The largest absolute Gasteiger partial charge is 0.327 e. The maximum atomic E-state index is 6.87. The second-order valence-electron chi connectivity index (χ2n) is 9.64. The molecule has 0 fully saturated rings. The van der Waals surface area contributed by atoms with Crippen LogP contribution >= 0.6 is 7.92 Å². The van der Waals surface area contributed by atoms with Gasteiger partial charge in [0.05, 0.1) is 0 Å². The van der Waals surface area contributed by atoms with Crippen molar-refractivity contribution < 1.29 is 0 Å². The van der Waals surface area contributed by atoms with E-state index in [0.717, 1.165) is 18.7 Å². The zero-order valence-corrected chi connectivity index (χ0v) is 20.5. The lowest BCUT2D eigenvalue weighted by molar-refractivity contribution is 0.651. The molecule has 0 aromatic heterocycles. The van der Waals surface area contributed by atoms with E-state index in [1.165, 1.54) is 49.4 Å². The van der Waals surface area contributed by atoms with Gasteiger partial charge in [-0.2, -0.15) is 0 Å². The van der Waals surface area contributed by atoms with Gasteiger partial charge < -0.3 is 5.73 Å². The lowest BCUT2D eigenvalue weighted by atomic mass is 9.88. The summed E-state index contributed by atoms with van der Waals surface area (Å²) in [5.74, 6) is 0. The lowest BCUT2D eigenvalue weighted by Crippen LogP contribution is -2.34. The molecule has 1 aliphatic heterocycles. The molecule has 1 unspecified atom stereocenters. The number of benzene rings is 5. The average Bonchev–Trinajstić information content (AvgIpc) is 3.06. The second-order valence-corrected chi connectivity index (χ2v) is 12.3. The van der Waals surface area contributed by atoms with E-state index in [2.05, 4.69) is 110 Å². The summed E-state index contributed by atoms with van der Waals surface area (Å²) in [4.78, 5) is 0. The summed E-state index contributed by atoms with van der Waals surface area (Å²) in [7, 11) is -0.304. The molecule has 5 aromatic rings. The Morgan fingerprint density at radius 1 is 0.647 bits per heavy atom. The monoisotopic (exact) mass is 459 g/mol. The minimum absolute atomic E-state index is 0.166. The van der Waals surface area contributed by atoms with Crippen LogP contribution in [0.1, 0.15) is 23.6 Å². The van der Waals surface area contributed by atoms with E-state index in [9.17, 15) is 0 Å². The Morgan fingerprint density at radius 3 is 1.71 bits per heavy atom. The number of hydrogen-bond donors (Lipinski definition) is 1. The first-order valence-corrected chi connectivity index (χ1v) is 14.0. The van der Waals surface area contributed by atoms with Crippen molar-refractivity contribution in [1.82, 2.24) is 0 Å². The van der Waals surface area contributed by atoms with Crippen LogP contribution in [0.5, 0.6) is 0 Å². The van der Waals surface area contributed by atoms with Crippen molar-refractivity contribution in [2.45, 2.75) is 37.4 Å². The molecule has 0 bridgehead atoms. The van der Waals surface area contributed by atoms with Crippen LogP contribution < -0.4 is 5.73 Å². The van der Waals surface area contributed by atoms with E-state index in [4.69, 9.17) is 5.73 Å². The highest BCUT2D eigenvalue weighted by molar-refractivity contribution is 7.56. The SMILES string of the molecule is CC([C@@H](N)Cc1ccccc1)P1Cc2ccc3ccccc3c2-c2c(ccc3ccccc23)C1. The Morgan fingerprint density at radius 2 is 1.15 bits per heavy atom. The molecule has 2 N–H and O–H groups in total. The molecule has 1 aliphatic rings. The van der Waals surface area contributed by atoms with E-state index in [-0.39, 0.29) is 14.0 Å². The maximum Gasteiger partial charge on any atom is 0.0145 e. The Labute approximate surface area is 203 Å². The Hall–Kier alpha value is -2.99. The molecule has 1 nitrogen and oxygen atoms in total. The third-order valence-electron chi connectivity index (χ3n) is 7.54. The molecule has 0 spiro atoms. The summed E-state index contributed by atoms with van der Waals surface area (Å²) in [6, 6.07) is 38.0. The first-order valence-electron chi connectivity index (χ1n) is 12.2. The molecular formula is C32H30NP. The first-order chi connectivity index (χ1) is 16.7. The van der Waals surface area contributed by atoms with Gasteiger partial charge in [-0.1, -0.05) is 118 Å². The minimum atomic E-state index is -0.304. The molecule has 34 heavy (non-hydrogen) atoms. The third-order valence-corrected chi connectivity index (χ3v) is 10.6. The van der Waals surface area contributed by atoms with Crippen LogP contribution in [0.25, 0.3) is 32.7 Å². The minimum Gasteiger partial charge on any atom is -0.327 e. The molecule has 0 saturated carbocycles. The van der Waals surface area contributed by atoms with Crippen molar-refractivity contribution >= 4 is 29.5 Å². The fourth-order valence-corrected chi connectivity index (χ4v) is 8.33. The molecule has 5 aromatic carbocycles. The highest BCUT2D eigenvalue weighted by Crippen LogP contribution is 2.56. The van der Waals surface area contributed by atoms with Crippen molar-refractivity contribution in [3.63, 3.8) is 0 Å². The van der Waals surface area contributed by atoms with Crippen molar-refractivity contribution in [1.29, 1.82) is 0 Å². The molecule has 0 amide bonds. The summed E-state index contributed by atoms with van der Waals surface area (Å²) in [5.41, 5.74) is 14.5. The van der Waals surface area contributed by atoms with E-state index >= 15 is 0 Å². The second kappa shape index (κ2) is 8.99. The van der Waals surface area contributed by atoms with Crippen LogP contribution in [0.3, 0.4) is 0 Å². The van der Waals surface area contributed by atoms with E-state index in [1.54, 1.807) is 0 Å². The molecular weight excluding hydrogens is 429 g/mol. The summed E-state index contributed by atoms with van der Waals surface area (Å²) in [6.07, 6.45) is 3.19. The van der Waals surface area contributed by atoms with Crippen molar-refractivity contribution in [3.8, 4) is 11.1 Å². The van der Waals surface area contributed by atoms with Crippen LogP contribution in [-0.2, 0) is 18.7 Å². The van der Waals surface area contributed by atoms with Crippen molar-refractivity contribution in [3.05, 3.63) is 120 Å². The molecule has 1 heterocycles. The van der Waals surface area contributed by atoms with Gasteiger partial charge in [-0.15, -0.1) is 0 Å². The van der Waals surface area contributed by atoms with Gasteiger partial charge in [0.2, 0.25) is 0 Å². The van der Waals surface area contributed by atoms with Gasteiger partial charge >= 0.3 is 0 Å². The molecule has 2 heteroatoms. The number of hydrogen-bond acceptors (Lipinski definition) is 1. The van der Waals surface area contributed by atoms with Gasteiger partial charge in [0.1, 0.15) is 0 Å². The van der Waals surface area contributed by atoms with Gasteiger partial charge in [-0.3, -0.25) is 0 Å². The zero-order valence-electron chi connectivity index (χ0n) is 19.6. The quantitative estimate of drug-likeness (QED) is 0.270. The van der Waals surface area contributed by atoms with E-state index < -0.39 is 0 Å². The van der Waals surface area contributed by atoms with Gasteiger partial charge in [-0.05, 0) is 73.8 Å². The summed E-state index contributed by atoms with van der Waals surface area (Å²) < 4.78 is 0. The smallest absolute Gasteiger partial charge is 0.0145 e. The number of fused-ring (bicyclic) bond motifs is 7. The fourth-order valence-electron chi connectivity index (χ4n) is 5.60. The highest BCUT2D eigenvalue weighted by atomic mass is 31.1. The molecule has 168 valence electrons. The molecule has 0 saturated heterocycles. The third kappa shape index (κ3) is 3.84. The van der Waals surface area contributed by atoms with Crippen LogP contribution in [0.15, 0.2) is 103 Å². The normalized spacial score (nSPS) is 15.5. The van der Waals surface area contributed by atoms with Gasteiger partial charge in [-0.25, -0.2) is 0 Å². The predicted molar refractivity (Wildman–Crippen MR) is 149 cm³/mol. The maximum absolute atomic E-state index is 6.87. The lowest BCUT2D eigenvalue weighted by Gasteiger charge is -2.29. The standard InChI is InChI=1S/C32H30NP/c1-22(30(33)19-23-9-3-2-4-10-23)34-20-26-17-15-24-11-5-7-13-28(24)31(26)32-27(21-34)18-16-25-12-6-8-14-29(25)32/h2-18,22,30H,19-21,33H2,1H3/t22?,30-/m0/s1. The number of nitrogens with two attached hydrogens (primary N) is 1. The first kappa shape index (κ1) is 21.5. The zero-order chi connectivity index (χ0) is 23.1. The van der Waals surface area contributed by atoms with Crippen molar-refractivity contribution in [2.24, 2.45) is 5.73 Å². The van der Waals surface area contributed by atoms with Gasteiger partial charge in [0.15, 0.2) is 0 Å². The Kier molecular flexibility index (Phi) is 5.69. The summed E-state index contributed by atoms with van der Waals surface area (Å²) in [6.45, 7) is 2.39. The average molecular weight is 460 g/mol. The van der Waals surface area contributed by atoms with Crippen LogP contribution in [0.2, 0.25) is 0 Å². The molecule has 6 rings (SSSR count). The van der Waals surface area contributed by atoms with Crippen LogP contribution in [0, 0.1) is 0 Å². The van der Waals surface area contributed by atoms with Crippen molar-refractivity contribution in [2.75, 3.05) is 0 Å². The Balaban J connectivity index is 1.49. The van der Waals surface area contributed by atoms with Crippen LogP contribution in [-0.4, -0.2) is 11.7 Å². The van der Waals surface area contributed by atoms with E-state index in [1.807, 2.05) is 0 Å². The molecule has 0 radical (unpaired) electrons. The Bertz CT molecular complexity index is 1390. The summed E-state index contributed by atoms with van der Waals surface area (Å²) in [5, 5.41) is 5.38. The molecule has 2 atom stereocenters. The number of rotatable bonds is 4. The fraction of sp³-hybridized carbons (Fsp3) is 0.188. The summed E-state index contributed by atoms with van der Waals surface area (Å²) >= 11 is 0. The van der Waals surface area contributed by atoms with Crippen LogP contribution in [0.4, 0.5) is 0 Å².